The summed E-state index contributed by atoms with van der Waals surface area (Å²) in [6, 6.07) is 2.07. The van der Waals surface area contributed by atoms with Gasteiger partial charge in [0.2, 0.25) is 0 Å². The van der Waals surface area contributed by atoms with Gasteiger partial charge in [-0.05, 0) is 18.5 Å². The lowest BCUT2D eigenvalue weighted by Crippen LogP contribution is -2.22. The van der Waals surface area contributed by atoms with Gasteiger partial charge >= 0.3 is 0 Å². The lowest BCUT2D eigenvalue weighted by Gasteiger charge is -2.06. The summed E-state index contributed by atoms with van der Waals surface area (Å²) < 4.78 is 1.93. The van der Waals surface area contributed by atoms with Gasteiger partial charge in [-0.15, -0.1) is 0 Å². The van der Waals surface area contributed by atoms with Crippen LogP contribution in [0.4, 0.5) is 0 Å². The zero-order valence-corrected chi connectivity index (χ0v) is 8.75. The van der Waals surface area contributed by atoms with Crippen LogP contribution in [-0.4, -0.2) is 22.9 Å². The zero-order valence-electron chi connectivity index (χ0n) is 8.75. The molecule has 1 heterocycles. The van der Waals surface area contributed by atoms with Crippen LogP contribution in [-0.2, 0) is 13.5 Å². The molecule has 0 fully saturated rings. The van der Waals surface area contributed by atoms with Crippen LogP contribution in [0.3, 0.4) is 0 Å². The Morgan fingerprint density at radius 2 is 2.31 bits per heavy atom. The predicted molar refractivity (Wildman–Crippen MR) is 54.6 cm³/mol. The molecule has 3 heteroatoms. The molecule has 1 N–H and O–H groups in total. The van der Waals surface area contributed by atoms with E-state index in [1.165, 1.54) is 5.69 Å². The average molecular weight is 181 g/mol. The molecule has 0 aliphatic heterocycles. The summed E-state index contributed by atoms with van der Waals surface area (Å²) in [5, 5.41) is 7.53. The van der Waals surface area contributed by atoms with E-state index in [9.17, 15) is 0 Å². The second-order valence-corrected chi connectivity index (χ2v) is 3.79. The predicted octanol–water partition coefficient (Wildman–Crippen LogP) is 1.21. The highest BCUT2D eigenvalue weighted by atomic mass is 15.3. The molecule has 0 unspecified atom stereocenters. The molecule has 0 aliphatic rings. The van der Waals surface area contributed by atoms with Gasteiger partial charge in [-0.2, -0.15) is 5.10 Å². The topological polar surface area (TPSA) is 29.9 Å². The Kier molecular flexibility index (Phi) is 3.96. The molecule has 1 aromatic heterocycles. The zero-order chi connectivity index (χ0) is 9.68. The van der Waals surface area contributed by atoms with Crippen molar-refractivity contribution in [1.82, 2.24) is 15.1 Å². The largest absolute Gasteiger partial charge is 0.316 e. The number of hydrogen-bond acceptors (Lipinski definition) is 2. The Bertz CT molecular complexity index is 240. The summed E-state index contributed by atoms with van der Waals surface area (Å²) >= 11 is 0. The summed E-state index contributed by atoms with van der Waals surface area (Å²) in [6.07, 6.45) is 2.90. The molecule has 0 aliphatic carbocycles. The average Bonchev–Trinajstić information content (AvgIpc) is 2.45. The van der Waals surface area contributed by atoms with Gasteiger partial charge in [0.05, 0.1) is 0 Å². The quantitative estimate of drug-likeness (QED) is 0.692. The van der Waals surface area contributed by atoms with Crippen LogP contribution < -0.4 is 5.32 Å². The third-order valence-corrected chi connectivity index (χ3v) is 2.03. The smallest absolute Gasteiger partial charge is 0.0492 e. The summed E-state index contributed by atoms with van der Waals surface area (Å²) in [4.78, 5) is 0. The molecule has 74 valence electrons. The summed E-state index contributed by atoms with van der Waals surface area (Å²) in [5.41, 5.74) is 1.29. The van der Waals surface area contributed by atoms with Crippen LogP contribution in [0.2, 0.25) is 0 Å². The van der Waals surface area contributed by atoms with E-state index < -0.39 is 0 Å². The highest BCUT2D eigenvalue weighted by Gasteiger charge is 1.97. The Morgan fingerprint density at radius 3 is 2.85 bits per heavy atom. The second kappa shape index (κ2) is 5.02. The van der Waals surface area contributed by atoms with E-state index in [1.807, 2.05) is 17.9 Å². The first kappa shape index (κ1) is 10.3. The minimum atomic E-state index is 0.728. The molecule has 1 aromatic rings. The highest BCUT2D eigenvalue weighted by Crippen LogP contribution is 1.96. The molecule has 1 rings (SSSR count). The SMILES string of the molecule is CC(C)CNCCc1ccnn1C. The van der Waals surface area contributed by atoms with Crippen LogP contribution in [0.25, 0.3) is 0 Å². The maximum atomic E-state index is 4.12. The maximum absolute atomic E-state index is 4.12. The Labute approximate surface area is 80.1 Å². The molecule has 13 heavy (non-hydrogen) atoms. The van der Waals surface area contributed by atoms with Crippen LogP contribution in [0, 0.1) is 5.92 Å². The van der Waals surface area contributed by atoms with Crippen molar-refractivity contribution in [2.75, 3.05) is 13.1 Å². The number of nitrogens with zero attached hydrogens (tertiary/aromatic N) is 2. The van der Waals surface area contributed by atoms with Crippen molar-refractivity contribution >= 4 is 0 Å². The van der Waals surface area contributed by atoms with Crippen LogP contribution in [0.5, 0.6) is 0 Å². The number of hydrogen-bond donors (Lipinski definition) is 1. The summed E-state index contributed by atoms with van der Waals surface area (Å²) in [7, 11) is 1.98. The van der Waals surface area contributed by atoms with Crippen LogP contribution in [0.1, 0.15) is 19.5 Å². The fourth-order valence-corrected chi connectivity index (χ4v) is 1.25. The second-order valence-electron chi connectivity index (χ2n) is 3.79. The first-order valence-electron chi connectivity index (χ1n) is 4.87. The van der Waals surface area contributed by atoms with E-state index in [0.717, 1.165) is 25.4 Å². The minimum Gasteiger partial charge on any atom is -0.316 e. The van der Waals surface area contributed by atoms with Crippen molar-refractivity contribution in [3.63, 3.8) is 0 Å². The van der Waals surface area contributed by atoms with Gasteiger partial charge < -0.3 is 5.32 Å². The summed E-state index contributed by atoms with van der Waals surface area (Å²) in [6.45, 7) is 6.57. The Hall–Kier alpha value is -0.830. The molecule has 0 amide bonds. The van der Waals surface area contributed by atoms with E-state index in [2.05, 4.69) is 30.3 Å². The van der Waals surface area contributed by atoms with Crippen molar-refractivity contribution in [3.05, 3.63) is 18.0 Å². The Morgan fingerprint density at radius 1 is 1.54 bits per heavy atom. The van der Waals surface area contributed by atoms with E-state index >= 15 is 0 Å². The van der Waals surface area contributed by atoms with Gasteiger partial charge in [0.1, 0.15) is 0 Å². The lowest BCUT2D eigenvalue weighted by molar-refractivity contribution is 0.547. The van der Waals surface area contributed by atoms with E-state index in [4.69, 9.17) is 0 Å². The van der Waals surface area contributed by atoms with Crippen molar-refractivity contribution in [2.24, 2.45) is 13.0 Å². The number of rotatable bonds is 5. The molecule has 3 nitrogen and oxygen atoms in total. The van der Waals surface area contributed by atoms with Crippen molar-refractivity contribution < 1.29 is 0 Å². The van der Waals surface area contributed by atoms with Gasteiger partial charge in [0.15, 0.2) is 0 Å². The van der Waals surface area contributed by atoms with Gasteiger partial charge in [0, 0.05) is 31.9 Å². The molecule has 0 atom stereocenters. The van der Waals surface area contributed by atoms with Crippen molar-refractivity contribution in [2.45, 2.75) is 20.3 Å². The van der Waals surface area contributed by atoms with E-state index in [1.54, 1.807) is 0 Å². The number of nitrogens with one attached hydrogen (secondary N) is 1. The normalized spacial score (nSPS) is 11.1. The minimum absolute atomic E-state index is 0.728. The molecular formula is C10H19N3. The lowest BCUT2D eigenvalue weighted by atomic mass is 10.2. The van der Waals surface area contributed by atoms with Crippen LogP contribution in [0.15, 0.2) is 12.3 Å². The standard InChI is InChI=1S/C10H19N3/c1-9(2)8-11-6-4-10-5-7-12-13(10)3/h5,7,9,11H,4,6,8H2,1-3H3. The third kappa shape index (κ3) is 3.59. The Balaban J connectivity index is 2.17. The highest BCUT2D eigenvalue weighted by molar-refractivity contribution is 5.00. The molecule has 0 saturated carbocycles. The molecule has 0 spiro atoms. The fraction of sp³-hybridized carbons (Fsp3) is 0.700. The van der Waals surface area contributed by atoms with E-state index in [0.29, 0.717) is 0 Å². The van der Waals surface area contributed by atoms with Crippen molar-refractivity contribution in [3.8, 4) is 0 Å². The first-order chi connectivity index (χ1) is 6.20. The monoisotopic (exact) mass is 181 g/mol. The molecule has 0 saturated heterocycles. The number of aryl methyl sites for hydroxylation is 1. The molecule has 0 aromatic carbocycles. The summed E-state index contributed by atoms with van der Waals surface area (Å²) in [5.74, 6) is 0.728. The van der Waals surface area contributed by atoms with Gasteiger partial charge in [-0.3, -0.25) is 4.68 Å². The first-order valence-corrected chi connectivity index (χ1v) is 4.87. The number of aromatic nitrogens is 2. The maximum Gasteiger partial charge on any atom is 0.0492 e. The third-order valence-electron chi connectivity index (χ3n) is 2.03. The van der Waals surface area contributed by atoms with Gasteiger partial charge in [-0.1, -0.05) is 13.8 Å². The van der Waals surface area contributed by atoms with Crippen LogP contribution >= 0.6 is 0 Å². The molecular weight excluding hydrogens is 162 g/mol. The van der Waals surface area contributed by atoms with Gasteiger partial charge in [-0.25, -0.2) is 0 Å². The van der Waals surface area contributed by atoms with Crippen molar-refractivity contribution in [1.29, 1.82) is 0 Å². The molecule has 0 bridgehead atoms. The van der Waals surface area contributed by atoms with Gasteiger partial charge in [0.25, 0.3) is 0 Å². The fourth-order valence-electron chi connectivity index (χ4n) is 1.25. The molecule has 0 radical (unpaired) electrons. The van der Waals surface area contributed by atoms with E-state index in [-0.39, 0.29) is 0 Å².